The van der Waals surface area contributed by atoms with Crippen LogP contribution in [0.2, 0.25) is 0 Å². The van der Waals surface area contributed by atoms with Gasteiger partial charge >= 0.3 is 0 Å². The summed E-state index contributed by atoms with van der Waals surface area (Å²) in [6.45, 7) is 5.72. The number of aryl methyl sites for hydroxylation is 3. The molecule has 1 aliphatic rings. The lowest BCUT2D eigenvalue weighted by Gasteiger charge is -2.16. The van der Waals surface area contributed by atoms with Gasteiger partial charge < -0.3 is 10.2 Å². The van der Waals surface area contributed by atoms with E-state index in [1.807, 2.05) is 33.2 Å². The number of nitrogens with one attached hydrogen (secondary N) is 2. The third-order valence-electron chi connectivity index (χ3n) is 4.46. The van der Waals surface area contributed by atoms with Crippen LogP contribution in [-0.4, -0.2) is 45.0 Å². The molecule has 0 aromatic carbocycles. The number of hydrogen-bond donors (Lipinski definition) is 2. The summed E-state index contributed by atoms with van der Waals surface area (Å²) in [7, 11) is 1.92. The zero-order valence-corrected chi connectivity index (χ0v) is 14.0. The molecule has 1 aliphatic heterocycles. The van der Waals surface area contributed by atoms with Crippen molar-refractivity contribution >= 4 is 11.7 Å². The Bertz CT molecular complexity index is 669. The second-order valence-electron chi connectivity index (χ2n) is 6.26. The summed E-state index contributed by atoms with van der Waals surface area (Å²) in [4.78, 5) is 14.4. The van der Waals surface area contributed by atoms with Crippen molar-refractivity contribution < 1.29 is 4.79 Å². The predicted molar refractivity (Wildman–Crippen MR) is 88.4 cm³/mol. The number of carbonyl (C=O) groups is 1. The fourth-order valence-corrected chi connectivity index (χ4v) is 3.14. The van der Waals surface area contributed by atoms with Crippen LogP contribution in [0.25, 0.3) is 0 Å². The van der Waals surface area contributed by atoms with E-state index in [1.54, 1.807) is 4.68 Å². The van der Waals surface area contributed by atoms with Crippen LogP contribution in [0.1, 0.15) is 29.8 Å². The first kappa shape index (κ1) is 15.6. The Kier molecular flexibility index (Phi) is 4.36. The fraction of sp³-hybridized carbons (Fsp3) is 0.562. The molecule has 2 aromatic rings. The Labute approximate surface area is 136 Å². The molecule has 0 aliphatic carbocycles. The van der Waals surface area contributed by atoms with Crippen LogP contribution >= 0.6 is 0 Å². The molecular weight excluding hydrogens is 292 g/mol. The van der Waals surface area contributed by atoms with Crippen molar-refractivity contribution in [2.75, 3.05) is 18.0 Å². The molecule has 3 heterocycles. The van der Waals surface area contributed by atoms with Crippen molar-refractivity contribution in [1.82, 2.24) is 25.3 Å². The number of nitrogens with zero attached hydrogens (tertiary/aromatic N) is 4. The second kappa shape index (κ2) is 6.44. The van der Waals surface area contributed by atoms with E-state index in [-0.39, 0.29) is 11.9 Å². The van der Waals surface area contributed by atoms with E-state index in [2.05, 4.69) is 25.5 Å². The van der Waals surface area contributed by atoms with Crippen molar-refractivity contribution in [3.05, 3.63) is 29.2 Å². The lowest BCUT2D eigenvalue weighted by atomic mass is 10.1. The maximum absolute atomic E-state index is 12.2. The summed E-state index contributed by atoms with van der Waals surface area (Å²) in [5, 5.41) is 14.7. The van der Waals surface area contributed by atoms with E-state index in [4.69, 9.17) is 0 Å². The summed E-state index contributed by atoms with van der Waals surface area (Å²) in [5.41, 5.74) is 3.19. The second-order valence-corrected chi connectivity index (χ2v) is 6.26. The molecule has 0 bridgehead atoms. The van der Waals surface area contributed by atoms with Gasteiger partial charge in [0.05, 0.1) is 5.69 Å². The highest BCUT2D eigenvalue weighted by Crippen LogP contribution is 2.18. The number of aromatic amines is 1. The number of amides is 1. The summed E-state index contributed by atoms with van der Waals surface area (Å²) < 4.78 is 1.80. The molecule has 1 fully saturated rings. The van der Waals surface area contributed by atoms with E-state index in [0.717, 1.165) is 48.7 Å². The number of aromatic nitrogens is 4. The van der Waals surface area contributed by atoms with Crippen LogP contribution in [0.5, 0.6) is 0 Å². The predicted octanol–water partition coefficient (Wildman–Crippen LogP) is 1.09. The molecule has 124 valence electrons. The third-order valence-corrected chi connectivity index (χ3v) is 4.46. The molecule has 2 N–H and O–H groups in total. The monoisotopic (exact) mass is 316 g/mol. The van der Waals surface area contributed by atoms with Gasteiger partial charge in [0.25, 0.3) is 0 Å². The van der Waals surface area contributed by atoms with Crippen molar-refractivity contribution in [1.29, 1.82) is 0 Å². The quantitative estimate of drug-likeness (QED) is 0.865. The Hall–Kier alpha value is -2.31. The van der Waals surface area contributed by atoms with Crippen LogP contribution in [0.3, 0.4) is 0 Å². The molecule has 2 aromatic heterocycles. The standard InChI is InChI=1S/C16H24N6O/c1-11-14(12(2)19-18-11)4-5-16(23)17-13-6-9-22(10-13)15-7-8-21(3)20-15/h7-8,13H,4-6,9-10H2,1-3H3,(H,17,23)(H,18,19). The molecule has 1 atom stereocenters. The van der Waals surface area contributed by atoms with Crippen molar-refractivity contribution in [3.8, 4) is 0 Å². The zero-order chi connectivity index (χ0) is 16.4. The highest BCUT2D eigenvalue weighted by atomic mass is 16.1. The van der Waals surface area contributed by atoms with Gasteiger partial charge in [-0.3, -0.25) is 14.6 Å². The van der Waals surface area contributed by atoms with E-state index >= 15 is 0 Å². The molecule has 1 unspecified atom stereocenters. The first-order valence-corrected chi connectivity index (χ1v) is 8.07. The molecule has 3 rings (SSSR count). The molecule has 1 amide bonds. The van der Waals surface area contributed by atoms with Crippen molar-refractivity contribution in [2.24, 2.45) is 7.05 Å². The molecule has 0 saturated carbocycles. The Morgan fingerprint density at radius 3 is 2.96 bits per heavy atom. The number of carbonyl (C=O) groups excluding carboxylic acids is 1. The lowest BCUT2D eigenvalue weighted by molar-refractivity contribution is -0.121. The van der Waals surface area contributed by atoms with Crippen LogP contribution < -0.4 is 10.2 Å². The van der Waals surface area contributed by atoms with Crippen LogP contribution in [0.15, 0.2) is 12.3 Å². The number of hydrogen-bond acceptors (Lipinski definition) is 4. The smallest absolute Gasteiger partial charge is 0.220 e. The topological polar surface area (TPSA) is 78.8 Å². The van der Waals surface area contributed by atoms with Crippen LogP contribution in [-0.2, 0) is 18.3 Å². The highest BCUT2D eigenvalue weighted by molar-refractivity contribution is 5.76. The minimum Gasteiger partial charge on any atom is -0.353 e. The first-order valence-electron chi connectivity index (χ1n) is 8.07. The Morgan fingerprint density at radius 2 is 2.30 bits per heavy atom. The van der Waals surface area contributed by atoms with Gasteiger partial charge in [-0.25, -0.2) is 0 Å². The van der Waals surface area contributed by atoms with E-state index < -0.39 is 0 Å². The van der Waals surface area contributed by atoms with Gasteiger partial charge in [-0.15, -0.1) is 0 Å². The number of rotatable bonds is 5. The van der Waals surface area contributed by atoms with E-state index in [9.17, 15) is 4.79 Å². The first-order chi connectivity index (χ1) is 11.0. The molecule has 7 heteroatoms. The zero-order valence-electron chi connectivity index (χ0n) is 14.0. The van der Waals surface area contributed by atoms with Crippen LogP contribution in [0, 0.1) is 13.8 Å². The van der Waals surface area contributed by atoms with Crippen LogP contribution in [0.4, 0.5) is 5.82 Å². The minimum atomic E-state index is 0.109. The van der Waals surface area contributed by atoms with Crippen molar-refractivity contribution in [3.63, 3.8) is 0 Å². The maximum atomic E-state index is 12.2. The normalized spacial score (nSPS) is 17.7. The summed E-state index contributed by atoms with van der Waals surface area (Å²) in [5.74, 6) is 1.09. The number of H-pyrrole nitrogens is 1. The minimum absolute atomic E-state index is 0.109. The molecule has 0 radical (unpaired) electrons. The largest absolute Gasteiger partial charge is 0.353 e. The maximum Gasteiger partial charge on any atom is 0.220 e. The van der Waals surface area contributed by atoms with Gasteiger partial charge in [0.1, 0.15) is 0 Å². The Balaban J connectivity index is 1.47. The molecule has 0 spiro atoms. The molecule has 7 nitrogen and oxygen atoms in total. The molecular formula is C16H24N6O. The van der Waals surface area contributed by atoms with Gasteiger partial charge in [0.2, 0.25) is 5.91 Å². The summed E-state index contributed by atoms with van der Waals surface area (Å²) in [6.07, 6.45) is 4.14. The van der Waals surface area contributed by atoms with Gasteiger partial charge in [-0.2, -0.15) is 10.2 Å². The third kappa shape index (κ3) is 3.55. The average molecular weight is 316 g/mol. The Morgan fingerprint density at radius 1 is 1.48 bits per heavy atom. The summed E-state index contributed by atoms with van der Waals surface area (Å²) >= 11 is 0. The number of anilines is 1. The van der Waals surface area contributed by atoms with Gasteiger partial charge in [0.15, 0.2) is 5.82 Å². The molecule has 23 heavy (non-hydrogen) atoms. The van der Waals surface area contributed by atoms with E-state index in [0.29, 0.717) is 6.42 Å². The average Bonchev–Trinajstić information content (AvgIpc) is 3.20. The molecule has 1 saturated heterocycles. The summed E-state index contributed by atoms with van der Waals surface area (Å²) in [6, 6.07) is 2.21. The van der Waals surface area contributed by atoms with Gasteiger partial charge in [-0.05, 0) is 32.3 Å². The highest BCUT2D eigenvalue weighted by Gasteiger charge is 2.25. The lowest BCUT2D eigenvalue weighted by Crippen LogP contribution is -2.37. The van der Waals surface area contributed by atoms with Gasteiger partial charge in [-0.1, -0.05) is 0 Å². The van der Waals surface area contributed by atoms with Crippen molar-refractivity contribution in [2.45, 2.75) is 39.2 Å². The SMILES string of the molecule is Cc1n[nH]c(C)c1CCC(=O)NC1CCN(c2ccn(C)n2)C1. The van der Waals surface area contributed by atoms with E-state index in [1.165, 1.54) is 0 Å². The van der Waals surface area contributed by atoms with Gasteiger partial charge in [0, 0.05) is 50.6 Å². The fourth-order valence-electron chi connectivity index (χ4n) is 3.14.